The van der Waals surface area contributed by atoms with Crippen LogP contribution in [0.1, 0.15) is 18.4 Å². The minimum atomic E-state index is -0.457. The van der Waals surface area contributed by atoms with E-state index in [2.05, 4.69) is 21.1 Å². The number of nitro benzene ring substituents is 1. The van der Waals surface area contributed by atoms with Crippen LogP contribution in [0, 0.1) is 16.0 Å². The fourth-order valence-corrected chi connectivity index (χ4v) is 3.71. The maximum atomic E-state index is 12.6. The van der Waals surface area contributed by atoms with Gasteiger partial charge in [-0.3, -0.25) is 15.5 Å². The first-order chi connectivity index (χ1) is 11.1. The van der Waals surface area contributed by atoms with Crippen LogP contribution in [0.5, 0.6) is 0 Å². The Labute approximate surface area is 133 Å². The van der Waals surface area contributed by atoms with Gasteiger partial charge in [0.15, 0.2) is 0 Å². The van der Waals surface area contributed by atoms with Gasteiger partial charge in [0.25, 0.3) is 5.69 Å². The summed E-state index contributed by atoms with van der Waals surface area (Å²) in [4.78, 5) is 12.8. The molecule has 122 valence electrons. The third kappa shape index (κ3) is 2.44. The second-order valence-electron chi connectivity index (χ2n) is 6.33. The van der Waals surface area contributed by atoms with Gasteiger partial charge >= 0.3 is 0 Å². The molecule has 0 spiro atoms. The first-order valence-electron chi connectivity index (χ1n) is 7.83. The zero-order chi connectivity index (χ0) is 16.0. The number of non-ortho nitro benzene ring substituents is 1. The minimum absolute atomic E-state index is 0.0256. The van der Waals surface area contributed by atoms with Crippen molar-refractivity contribution < 1.29 is 10.0 Å². The van der Waals surface area contributed by atoms with Crippen molar-refractivity contribution in [3.05, 3.63) is 39.8 Å². The topological polar surface area (TPSA) is 106 Å². The summed E-state index contributed by atoms with van der Waals surface area (Å²) in [6.45, 7) is 3.11. The highest BCUT2D eigenvalue weighted by molar-refractivity contribution is 5.82. The van der Waals surface area contributed by atoms with Crippen molar-refractivity contribution in [3.8, 4) is 0 Å². The SMILES string of the molecule is O=[N+]([O-])c1ccc2c(c1)C(=C([O-])N[C@H]1CN3CCC1CC3)NN2. The summed E-state index contributed by atoms with van der Waals surface area (Å²) in [5.74, 6) is 0.319. The molecule has 3 fully saturated rings. The standard InChI is InChI=1S/C15H19N5O3/c21-15(16-13-8-19-5-3-9(13)4-6-19)14-11-7-10(20(22)23)1-2-12(11)17-18-14/h1-2,7,9,13,16-18,21H,3-6,8H2/p-1/t13-/m0/s1. The molecule has 8 heteroatoms. The summed E-state index contributed by atoms with van der Waals surface area (Å²) < 4.78 is 0. The molecule has 4 aliphatic heterocycles. The predicted octanol–water partition coefficient (Wildman–Crippen LogP) is 0.195. The molecule has 0 radical (unpaired) electrons. The van der Waals surface area contributed by atoms with Crippen LogP contribution in [0.15, 0.2) is 24.1 Å². The summed E-state index contributed by atoms with van der Waals surface area (Å²) in [5, 5.41) is 26.6. The molecule has 8 nitrogen and oxygen atoms in total. The predicted molar refractivity (Wildman–Crippen MR) is 82.9 cm³/mol. The van der Waals surface area contributed by atoms with Gasteiger partial charge in [0.2, 0.25) is 0 Å². The zero-order valence-electron chi connectivity index (χ0n) is 12.5. The van der Waals surface area contributed by atoms with Crippen molar-refractivity contribution in [1.82, 2.24) is 15.6 Å². The molecule has 1 aromatic carbocycles. The van der Waals surface area contributed by atoms with E-state index in [9.17, 15) is 15.2 Å². The Morgan fingerprint density at radius 2 is 2.09 bits per heavy atom. The molecule has 0 unspecified atom stereocenters. The van der Waals surface area contributed by atoms with E-state index >= 15 is 0 Å². The Kier molecular flexibility index (Phi) is 3.26. The van der Waals surface area contributed by atoms with Crippen molar-refractivity contribution >= 4 is 17.1 Å². The van der Waals surface area contributed by atoms with Crippen LogP contribution >= 0.6 is 0 Å². The van der Waals surface area contributed by atoms with Gasteiger partial charge in [0.1, 0.15) is 0 Å². The van der Waals surface area contributed by atoms with Crippen LogP contribution in [0.3, 0.4) is 0 Å². The third-order valence-corrected chi connectivity index (χ3v) is 5.01. The third-order valence-electron chi connectivity index (χ3n) is 5.01. The number of nitrogens with one attached hydrogen (secondary N) is 3. The molecule has 4 aliphatic rings. The van der Waals surface area contributed by atoms with E-state index in [1.165, 1.54) is 12.1 Å². The lowest BCUT2D eigenvalue weighted by atomic mass is 9.84. The lowest BCUT2D eigenvalue weighted by molar-refractivity contribution is -0.384. The number of hydrogen-bond acceptors (Lipinski definition) is 7. The average molecular weight is 316 g/mol. The number of anilines is 1. The summed E-state index contributed by atoms with van der Waals surface area (Å²) in [7, 11) is 0. The van der Waals surface area contributed by atoms with Crippen molar-refractivity contribution in [1.29, 1.82) is 0 Å². The van der Waals surface area contributed by atoms with Gasteiger partial charge in [-0.15, -0.1) is 0 Å². The molecule has 5 rings (SSSR count). The monoisotopic (exact) mass is 316 g/mol. The van der Waals surface area contributed by atoms with Gasteiger partial charge in [-0.05, 0) is 43.8 Å². The van der Waals surface area contributed by atoms with E-state index in [4.69, 9.17) is 0 Å². The van der Waals surface area contributed by atoms with Crippen LogP contribution in [-0.4, -0.2) is 35.5 Å². The van der Waals surface area contributed by atoms with Crippen LogP contribution in [-0.2, 0) is 0 Å². The zero-order valence-corrected chi connectivity index (χ0v) is 12.5. The second-order valence-corrected chi connectivity index (χ2v) is 6.33. The number of nitro groups is 1. The van der Waals surface area contributed by atoms with Crippen molar-refractivity contribution in [2.24, 2.45) is 5.92 Å². The van der Waals surface area contributed by atoms with Gasteiger partial charge in [-0.2, -0.15) is 0 Å². The van der Waals surface area contributed by atoms with Crippen molar-refractivity contribution in [2.45, 2.75) is 18.9 Å². The maximum absolute atomic E-state index is 12.6. The Morgan fingerprint density at radius 1 is 1.30 bits per heavy atom. The first kappa shape index (κ1) is 14.1. The highest BCUT2D eigenvalue weighted by Gasteiger charge is 2.34. The van der Waals surface area contributed by atoms with E-state index in [0.717, 1.165) is 32.5 Å². The number of piperidine rings is 3. The molecule has 1 atom stereocenters. The second kappa shape index (κ2) is 5.31. The number of benzene rings is 1. The number of rotatable bonds is 3. The lowest BCUT2D eigenvalue weighted by Crippen LogP contribution is -2.56. The molecule has 4 heterocycles. The van der Waals surface area contributed by atoms with Gasteiger partial charge in [-0.1, -0.05) is 0 Å². The fourth-order valence-electron chi connectivity index (χ4n) is 3.71. The molecule has 23 heavy (non-hydrogen) atoms. The van der Waals surface area contributed by atoms with Crippen molar-refractivity contribution in [2.75, 3.05) is 25.1 Å². The molecular weight excluding hydrogens is 298 g/mol. The number of nitrogens with zero attached hydrogens (tertiary/aromatic N) is 2. The minimum Gasteiger partial charge on any atom is -0.859 e. The maximum Gasteiger partial charge on any atom is 0.270 e. The summed E-state index contributed by atoms with van der Waals surface area (Å²) >= 11 is 0. The number of fused-ring (bicyclic) bond motifs is 4. The van der Waals surface area contributed by atoms with E-state index < -0.39 is 4.92 Å². The smallest absolute Gasteiger partial charge is 0.270 e. The highest BCUT2D eigenvalue weighted by Crippen LogP contribution is 2.32. The molecule has 1 aromatic rings. The van der Waals surface area contributed by atoms with Gasteiger partial charge < -0.3 is 20.7 Å². The van der Waals surface area contributed by atoms with E-state index in [1.807, 2.05) is 0 Å². The fraction of sp³-hybridized carbons (Fsp3) is 0.467. The summed E-state index contributed by atoms with van der Waals surface area (Å²) in [6, 6.07) is 4.60. The normalized spacial score (nSPS) is 30.2. The van der Waals surface area contributed by atoms with E-state index in [-0.39, 0.29) is 17.6 Å². The Bertz CT molecular complexity index is 682. The van der Waals surface area contributed by atoms with E-state index in [1.54, 1.807) is 6.07 Å². The van der Waals surface area contributed by atoms with Crippen LogP contribution in [0.25, 0.3) is 5.70 Å². The molecule has 0 aliphatic carbocycles. The van der Waals surface area contributed by atoms with Crippen molar-refractivity contribution in [3.63, 3.8) is 0 Å². The van der Waals surface area contributed by atoms with Gasteiger partial charge in [0, 0.05) is 30.3 Å². The first-order valence-corrected chi connectivity index (χ1v) is 7.83. The van der Waals surface area contributed by atoms with Gasteiger partial charge in [-0.25, -0.2) is 0 Å². The van der Waals surface area contributed by atoms with Crippen LogP contribution in [0.4, 0.5) is 11.4 Å². The molecule has 0 amide bonds. The number of hydrazine groups is 1. The Balaban J connectivity index is 1.59. The lowest BCUT2D eigenvalue weighted by Gasteiger charge is -2.46. The van der Waals surface area contributed by atoms with Crippen LogP contribution in [0.2, 0.25) is 0 Å². The summed E-state index contributed by atoms with van der Waals surface area (Å²) in [5.41, 5.74) is 7.26. The van der Waals surface area contributed by atoms with E-state index in [0.29, 0.717) is 22.9 Å². The quantitative estimate of drug-likeness (QED) is 0.415. The molecule has 3 saturated heterocycles. The molecular formula is C15H18N5O3-. The molecule has 0 saturated carbocycles. The molecule has 3 N–H and O–H groups in total. The Morgan fingerprint density at radius 3 is 2.74 bits per heavy atom. The van der Waals surface area contributed by atoms with Crippen LogP contribution < -0.4 is 21.3 Å². The molecule has 0 aromatic heterocycles. The highest BCUT2D eigenvalue weighted by atomic mass is 16.6. The number of hydrogen-bond donors (Lipinski definition) is 3. The van der Waals surface area contributed by atoms with Gasteiger partial charge in [0.05, 0.1) is 16.3 Å². The molecule has 2 bridgehead atoms. The Hall–Kier alpha value is -2.48. The largest absolute Gasteiger partial charge is 0.859 e. The average Bonchev–Trinajstić information content (AvgIpc) is 2.99. The summed E-state index contributed by atoms with van der Waals surface area (Å²) in [6.07, 6.45) is 2.24.